The highest BCUT2D eigenvalue weighted by molar-refractivity contribution is 6.00. The molecule has 0 aliphatic carbocycles. The molecule has 1 saturated heterocycles. The minimum atomic E-state index is -0.0817. The molecule has 0 saturated carbocycles. The third-order valence-corrected chi connectivity index (χ3v) is 3.77. The fourth-order valence-corrected chi connectivity index (χ4v) is 2.60. The van der Waals surface area contributed by atoms with Gasteiger partial charge in [0.2, 0.25) is 0 Å². The van der Waals surface area contributed by atoms with Gasteiger partial charge in [-0.25, -0.2) is 0 Å². The minimum Gasteiger partial charge on any atom is -0.399 e. The molecule has 1 heterocycles. The van der Waals surface area contributed by atoms with Crippen LogP contribution in [-0.4, -0.2) is 39.3 Å². The van der Waals surface area contributed by atoms with E-state index in [1.807, 2.05) is 31.1 Å². The highest BCUT2D eigenvalue weighted by Gasteiger charge is 2.16. The van der Waals surface area contributed by atoms with E-state index in [2.05, 4.69) is 5.32 Å². The molecule has 1 aromatic rings. The second kappa shape index (κ2) is 7.31. The molecule has 1 aliphatic heterocycles. The summed E-state index contributed by atoms with van der Waals surface area (Å²) < 4.78 is 5.67. The molecule has 1 fully saturated rings. The van der Waals surface area contributed by atoms with Gasteiger partial charge in [-0.1, -0.05) is 0 Å². The Labute approximate surface area is 126 Å². The Bertz CT molecular complexity index is 482. The quantitative estimate of drug-likeness (QED) is 0.815. The summed E-state index contributed by atoms with van der Waals surface area (Å²) in [4.78, 5) is 14.2. The van der Waals surface area contributed by atoms with Crippen LogP contribution in [0.1, 0.15) is 36.0 Å². The Kier molecular flexibility index (Phi) is 5.44. The lowest BCUT2D eigenvalue weighted by Gasteiger charge is -2.23. The smallest absolute Gasteiger partial charge is 0.253 e. The average molecular weight is 291 g/mol. The summed E-state index contributed by atoms with van der Waals surface area (Å²) in [5, 5.41) is 2.97. The zero-order valence-corrected chi connectivity index (χ0v) is 12.9. The van der Waals surface area contributed by atoms with Crippen LogP contribution >= 0.6 is 0 Å². The summed E-state index contributed by atoms with van der Waals surface area (Å²) in [5.74, 6) is -0.0817. The number of rotatable bonds is 5. The molecule has 5 heteroatoms. The molecule has 0 bridgehead atoms. The Morgan fingerprint density at radius 3 is 2.90 bits per heavy atom. The summed E-state index contributed by atoms with van der Waals surface area (Å²) in [6.45, 7) is 1.48. The molecular formula is C16H25N3O2. The van der Waals surface area contributed by atoms with Gasteiger partial charge in [-0.2, -0.15) is 0 Å². The molecule has 1 aliphatic rings. The van der Waals surface area contributed by atoms with Gasteiger partial charge < -0.3 is 20.7 Å². The summed E-state index contributed by atoms with van der Waals surface area (Å²) >= 11 is 0. The number of nitrogens with one attached hydrogen (secondary N) is 1. The fraction of sp³-hybridized carbons (Fsp3) is 0.562. The molecule has 3 N–H and O–H groups in total. The van der Waals surface area contributed by atoms with Gasteiger partial charge >= 0.3 is 0 Å². The number of anilines is 2. The van der Waals surface area contributed by atoms with Crippen molar-refractivity contribution in [2.24, 2.45) is 0 Å². The first-order valence-electron chi connectivity index (χ1n) is 7.54. The number of nitrogens with two attached hydrogens (primary N) is 1. The molecule has 0 spiro atoms. The van der Waals surface area contributed by atoms with Gasteiger partial charge in [0.1, 0.15) is 0 Å². The lowest BCUT2D eigenvalue weighted by Crippen LogP contribution is -2.30. The number of amides is 1. The van der Waals surface area contributed by atoms with Crippen molar-refractivity contribution < 1.29 is 9.53 Å². The monoisotopic (exact) mass is 291 g/mol. The van der Waals surface area contributed by atoms with Gasteiger partial charge in [0, 0.05) is 38.6 Å². The maximum Gasteiger partial charge on any atom is 0.253 e. The first-order valence-corrected chi connectivity index (χ1v) is 7.54. The van der Waals surface area contributed by atoms with Crippen LogP contribution in [0.15, 0.2) is 18.2 Å². The molecule has 1 atom stereocenters. The van der Waals surface area contributed by atoms with E-state index in [1.165, 1.54) is 6.42 Å². The number of nitrogen functional groups attached to an aromatic ring is 1. The Morgan fingerprint density at radius 2 is 2.24 bits per heavy atom. The predicted octanol–water partition coefficient (Wildman–Crippen LogP) is 2.02. The van der Waals surface area contributed by atoms with E-state index in [0.717, 1.165) is 31.6 Å². The number of hydrogen-bond donors (Lipinski definition) is 2. The van der Waals surface area contributed by atoms with Crippen molar-refractivity contribution >= 4 is 17.3 Å². The zero-order chi connectivity index (χ0) is 15.2. The van der Waals surface area contributed by atoms with Crippen LogP contribution < -0.4 is 16.0 Å². The average Bonchev–Trinajstić information content (AvgIpc) is 2.47. The first kappa shape index (κ1) is 15.6. The summed E-state index contributed by atoms with van der Waals surface area (Å²) in [5.41, 5.74) is 7.88. The van der Waals surface area contributed by atoms with Gasteiger partial charge in [-0.05, 0) is 43.9 Å². The second-order valence-corrected chi connectivity index (χ2v) is 5.70. The Morgan fingerprint density at radius 1 is 1.43 bits per heavy atom. The van der Waals surface area contributed by atoms with Gasteiger partial charge in [0.15, 0.2) is 0 Å². The van der Waals surface area contributed by atoms with Crippen molar-refractivity contribution in [1.82, 2.24) is 5.32 Å². The highest BCUT2D eigenvalue weighted by Crippen LogP contribution is 2.21. The molecule has 21 heavy (non-hydrogen) atoms. The van der Waals surface area contributed by atoms with Crippen LogP contribution in [0.5, 0.6) is 0 Å². The number of carbonyl (C=O) groups excluding carboxylic acids is 1. The third-order valence-electron chi connectivity index (χ3n) is 3.77. The largest absolute Gasteiger partial charge is 0.399 e. The maximum absolute atomic E-state index is 12.3. The molecule has 2 rings (SSSR count). The van der Waals surface area contributed by atoms with Crippen molar-refractivity contribution in [3.8, 4) is 0 Å². The zero-order valence-electron chi connectivity index (χ0n) is 12.9. The van der Waals surface area contributed by atoms with Gasteiger partial charge in [-0.3, -0.25) is 4.79 Å². The van der Waals surface area contributed by atoms with E-state index in [0.29, 0.717) is 17.8 Å². The van der Waals surface area contributed by atoms with Crippen molar-refractivity contribution in [3.63, 3.8) is 0 Å². The number of benzene rings is 1. The van der Waals surface area contributed by atoms with E-state index in [4.69, 9.17) is 10.5 Å². The summed E-state index contributed by atoms with van der Waals surface area (Å²) in [7, 11) is 3.83. The topological polar surface area (TPSA) is 67.6 Å². The van der Waals surface area contributed by atoms with Crippen LogP contribution in [0.3, 0.4) is 0 Å². The third kappa shape index (κ3) is 4.36. The van der Waals surface area contributed by atoms with Gasteiger partial charge in [0.25, 0.3) is 5.91 Å². The van der Waals surface area contributed by atoms with E-state index in [9.17, 15) is 4.79 Å². The summed E-state index contributed by atoms with van der Waals surface area (Å²) in [6, 6.07) is 5.40. The fourth-order valence-electron chi connectivity index (χ4n) is 2.60. The number of carbonyl (C=O) groups is 1. The first-order chi connectivity index (χ1) is 10.1. The molecular weight excluding hydrogens is 266 g/mol. The number of nitrogens with zero attached hydrogens (tertiary/aromatic N) is 1. The molecule has 0 aromatic heterocycles. The SMILES string of the molecule is CN(C)c1ccc(N)cc1C(=O)NCCC1CCCCO1. The Balaban J connectivity index is 1.92. The molecule has 1 unspecified atom stereocenters. The molecule has 1 aromatic carbocycles. The van der Waals surface area contributed by atoms with Crippen LogP contribution in [-0.2, 0) is 4.74 Å². The number of hydrogen-bond acceptors (Lipinski definition) is 4. The molecule has 5 nitrogen and oxygen atoms in total. The van der Waals surface area contributed by atoms with Crippen molar-refractivity contribution in [1.29, 1.82) is 0 Å². The van der Waals surface area contributed by atoms with E-state index in [1.54, 1.807) is 6.07 Å². The van der Waals surface area contributed by atoms with Gasteiger partial charge in [0.05, 0.1) is 11.7 Å². The standard InChI is InChI=1S/C16H25N3O2/c1-19(2)15-7-6-12(17)11-14(15)16(20)18-9-8-13-5-3-4-10-21-13/h6-7,11,13H,3-5,8-10,17H2,1-2H3,(H,18,20). The normalized spacial score (nSPS) is 18.3. The number of ether oxygens (including phenoxy) is 1. The van der Waals surface area contributed by atoms with Crippen LogP contribution in [0.2, 0.25) is 0 Å². The summed E-state index contributed by atoms with van der Waals surface area (Å²) in [6.07, 6.45) is 4.62. The van der Waals surface area contributed by atoms with Crippen molar-refractivity contribution in [2.75, 3.05) is 37.9 Å². The molecule has 116 valence electrons. The van der Waals surface area contributed by atoms with E-state index < -0.39 is 0 Å². The lowest BCUT2D eigenvalue weighted by molar-refractivity contribution is 0.0117. The van der Waals surface area contributed by atoms with Crippen LogP contribution in [0.4, 0.5) is 11.4 Å². The van der Waals surface area contributed by atoms with E-state index in [-0.39, 0.29) is 12.0 Å². The lowest BCUT2D eigenvalue weighted by atomic mass is 10.1. The Hall–Kier alpha value is -1.75. The van der Waals surface area contributed by atoms with Crippen molar-refractivity contribution in [2.45, 2.75) is 31.8 Å². The highest BCUT2D eigenvalue weighted by atomic mass is 16.5. The maximum atomic E-state index is 12.3. The predicted molar refractivity (Wildman–Crippen MR) is 85.7 cm³/mol. The second-order valence-electron chi connectivity index (χ2n) is 5.70. The minimum absolute atomic E-state index is 0.0817. The van der Waals surface area contributed by atoms with Crippen LogP contribution in [0.25, 0.3) is 0 Å². The van der Waals surface area contributed by atoms with E-state index >= 15 is 0 Å². The van der Waals surface area contributed by atoms with Gasteiger partial charge in [-0.15, -0.1) is 0 Å². The molecule has 1 amide bonds. The van der Waals surface area contributed by atoms with Crippen molar-refractivity contribution in [3.05, 3.63) is 23.8 Å². The molecule has 0 radical (unpaired) electrons. The van der Waals surface area contributed by atoms with Crippen LogP contribution in [0, 0.1) is 0 Å².